The van der Waals surface area contributed by atoms with Gasteiger partial charge in [-0.3, -0.25) is 0 Å². The van der Waals surface area contributed by atoms with Crippen LogP contribution in [0.25, 0.3) is 5.69 Å². The molecule has 0 spiro atoms. The van der Waals surface area contributed by atoms with Crippen LogP contribution in [0.1, 0.15) is 30.0 Å². The predicted octanol–water partition coefficient (Wildman–Crippen LogP) is 3.23. The van der Waals surface area contributed by atoms with Crippen molar-refractivity contribution >= 4 is 10.0 Å². The zero-order chi connectivity index (χ0) is 17.3. The highest BCUT2D eigenvalue weighted by Crippen LogP contribution is 2.30. The number of hydrogen-bond donors (Lipinski definition) is 1. The summed E-state index contributed by atoms with van der Waals surface area (Å²) in [6.45, 7) is 0. The molecule has 1 heterocycles. The average Bonchev–Trinajstić information content (AvgIpc) is 3.17. The van der Waals surface area contributed by atoms with Crippen LogP contribution < -0.4 is 4.72 Å². The Balaban J connectivity index is 1.58. The molecule has 6 heteroatoms. The molecule has 25 heavy (non-hydrogen) atoms. The molecular formula is C19H19N3O2S. The summed E-state index contributed by atoms with van der Waals surface area (Å²) in [6.07, 6.45) is 6.32. The second kappa shape index (κ2) is 6.46. The van der Waals surface area contributed by atoms with E-state index in [1.807, 2.05) is 30.5 Å². The molecule has 0 fully saturated rings. The van der Waals surface area contributed by atoms with Crippen LogP contribution in [-0.4, -0.2) is 18.2 Å². The monoisotopic (exact) mass is 353 g/mol. The smallest absolute Gasteiger partial charge is 0.241 e. The van der Waals surface area contributed by atoms with Gasteiger partial charge in [0, 0.05) is 18.4 Å². The second-order valence-electron chi connectivity index (χ2n) is 6.21. The minimum absolute atomic E-state index is 0.166. The van der Waals surface area contributed by atoms with Crippen LogP contribution in [0.3, 0.4) is 0 Å². The summed E-state index contributed by atoms with van der Waals surface area (Å²) < 4.78 is 30.1. The molecule has 1 aliphatic rings. The molecule has 1 atom stereocenters. The lowest BCUT2D eigenvalue weighted by atomic mass is 9.88. The van der Waals surface area contributed by atoms with Crippen molar-refractivity contribution in [2.24, 2.45) is 0 Å². The number of aryl methyl sites for hydroxylation is 1. The molecule has 0 saturated carbocycles. The Hall–Kier alpha value is -2.44. The number of aromatic nitrogens is 2. The summed E-state index contributed by atoms with van der Waals surface area (Å²) in [6, 6.07) is 16.5. The largest absolute Gasteiger partial charge is 0.241 e. The molecule has 1 unspecified atom stereocenters. The Kier molecular flexibility index (Phi) is 4.15. The Bertz CT molecular complexity index is 964. The average molecular weight is 353 g/mol. The maximum Gasteiger partial charge on any atom is 0.241 e. The predicted molar refractivity (Wildman–Crippen MR) is 96.0 cm³/mol. The lowest BCUT2D eigenvalue weighted by molar-refractivity contribution is 0.507. The molecular weight excluding hydrogens is 334 g/mol. The van der Waals surface area contributed by atoms with Gasteiger partial charge in [-0.25, -0.2) is 17.8 Å². The third kappa shape index (κ3) is 3.23. The second-order valence-corrected chi connectivity index (χ2v) is 7.92. The van der Waals surface area contributed by atoms with Crippen molar-refractivity contribution in [2.75, 3.05) is 0 Å². The molecule has 1 N–H and O–H groups in total. The van der Waals surface area contributed by atoms with Gasteiger partial charge in [0.25, 0.3) is 0 Å². The minimum Gasteiger partial charge on any atom is -0.241 e. The van der Waals surface area contributed by atoms with Crippen LogP contribution in [0.4, 0.5) is 0 Å². The highest BCUT2D eigenvalue weighted by molar-refractivity contribution is 7.89. The molecule has 0 aliphatic heterocycles. The van der Waals surface area contributed by atoms with Crippen LogP contribution in [0.15, 0.2) is 71.9 Å². The van der Waals surface area contributed by atoms with E-state index >= 15 is 0 Å². The molecule has 2 aromatic carbocycles. The lowest BCUT2D eigenvalue weighted by Crippen LogP contribution is -2.31. The third-order valence-electron chi connectivity index (χ3n) is 4.58. The van der Waals surface area contributed by atoms with E-state index in [1.165, 1.54) is 5.56 Å². The molecule has 0 radical (unpaired) electrons. The zero-order valence-corrected chi connectivity index (χ0v) is 14.5. The topological polar surface area (TPSA) is 64.0 Å². The first-order valence-corrected chi connectivity index (χ1v) is 9.82. The van der Waals surface area contributed by atoms with Crippen LogP contribution in [-0.2, 0) is 16.4 Å². The Morgan fingerprint density at radius 3 is 2.60 bits per heavy atom. The number of hydrogen-bond acceptors (Lipinski definition) is 3. The highest BCUT2D eigenvalue weighted by atomic mass is 32.2. The first-order valence-electron chi connectivity index (χ1n) is 8.34. The van der Waals surface area contributed by atoms with Crippen molar-refractivity contribution in [3.05, 3.63) is 78.1 Å². The number of benzene rings is 2. The normalized spacial score (nSPS) is 17.2. The van der Waals surface area contributed by atoms with E-state index in [0.29, 0.717) is 0 Å². The molecule has 5 nitrogen and oxygen atoms in total. The number of nitrogens with one attached hydrogen (secondary N) is 1. The van der Waals surface area contributed by atoms with E-state index in [1.54, 1.807) is 35.1 Å². The van der Waals surface area contributed by atoms with Gasteiger partial charge in [-0.15, -0.1) is 0 Å². The van der Waals surface area contributed by atoms with Crippen LogP contribution in [0.2, 0.25) is 0 Å². The van der Waals surface area contributed by atoms with Gasteiger partial charge in [0.1, 0.15) is 0 Å². The number of fused-ring (bicyclic) bond motifs is 1. The molecule has 1 aromatic heterocycles. The summed E-state index contributed by atoms with van der Waals surface area (Å²) in [5.41, 5.74) is 3.15. The van der Waals surface area contributed by atoms with Gasteiger partial charge in [-0.05, 0) is 60.7 Å². The van der Waals surface area contributed by atoms with Crippen LogP contribution in [0.5, 0.6) is 0 Å². The molecule has 4 rings (SSSR count). The maximum absolute atomic E-state index is 12.8. The first kappa shape index (κ1) is 16.1. The summed E-state index contributed by atoms with van der Waals surface area (Å²) in [5.74, 6) is 0. The van der Waals surface area contributed by atoms with Crippen molar-refractivity contribution in [3.63, 3.8) is 0 Å². The fourth-order valence-corrected chi connectivity index (χ4v) is 4.58. The summed E-state index contributed by atoms with van der Waals surface area (Å²) in [7, 11) is -3.57. The molecule has 0 amide bonds. The summed E-state index contributed by atoms with van der Waals surface area (Å²) in [4.78, 5) is 0.270. The van der Waals surface area contributed by atoms with Crippen molar-refractivity contribution in [1.29, 1.82) is 0 Å². The minimum atomic E-state index is -3.57. The van der Waals surface area contributed by atoms with Crippen LogP contribution in [0, 0.1) is 0 Å². The van der Waals surface area contributed by atoms with Gasteiger partial charge in [0.05, 0.1) is 10.6 Å². The molecule has 1 aliphatic carbocycles. The fraction of sp³-hybridized carbons (Fsp3) is 0.211. The van der Waals surface area contributed by atoms with E-state index in [-0.39, 0.29) is 10.9 Å². The Morgan fingerprint density at radius 1 is 1.04 bits per heavy atom. The Morgan fingerprint density at radius 2 is 1.84 bits per heavy atom. The van der Waals surface area contributed by atoms with E-state index in [0.717, 1.165) is 30.5 Å². The molecule has 128 valence electrons. The van der Waals surface area contributed by atoms with Gasteiger partial charge < -0.3 is 0 Å². The number of sulfonamides is 1. The summed E-state index contributed by atoms with van der Waals surface area (Å²) >= 11 is 0. The first-order chi connectivity index (χ1) is 12.1. The zero-order valence-electron chi connectivity index (χ0n) is 13.7. The molecule has 3 aromatic rings. The van der Waals surface area contributed by atoms with E-state index in [4.69, 9.17) is 0 Å². The standard InChI is InChI=1S/C19H19N3O2S/c23-25(24,17-11-9-16(10-12-17)22-14-4-13-20-22)21-19-8-3-6-15-5-1-2-7-18(15)19/h1-2,4-5,7,9-14,19,21H,3,6,8H2. The van der Waals surface area contributed by atoms with Crippen LogP contribution >= 0.6 is 0 Å². The van der Waals surface area contributed by atoms with Gasteiger partial charge in [-0.2, -0.15) is 5.10 Å². The van der Waals surface area contributed by atoms with Gasteiger partial charge in [-0.1, -0.05) is 24.3 Å². The van der Waals surface area contributed by atoms with Gasteiger partial charge >= 0.3 is 0 Å². The number of nitrogens with zero attached hydrogens (tertiary/aromatic N) is 2. The van der Waals surface area contributed by atoms with Gasteiger partial charge in [0.2, 0.25) is 10.0 Å². The van der Waals surface area contributed by atoms with Crippen molar-refractivity contribution in [1.82, 2.24) is 14.5 Å². The fourth-order valence-electron chi connectivity index (χ4n) is 3.33. The van der Waals surface area contributed by atoms with E-state index < -0.39 is 10.0 Å². The Labute approximate surface area is 147 Å². The SMILES string of the molecule is O=S(=O)(NC1CCCc2ccccc21)c1ccc(-n2cccn2)cc1. The summed E-state index contributed by atoms with van der Waals surface area (Å²) in [5, 5.41) is 4.15. The van der Waals surface area contributed by atoms with E-state index in [2.05, 4.69) is 15.9 Å². The highest BCUT2D eigenvalue weighted by Gasteiger charge is 2.25. The lowest BCUT2D eigenvalue weighted by Gasteiger charge is -2.26. The molecule has 0 bridgehead atoms. The number of rotatable bonds is 4. The molecule has 0 saturated heterocycles. The van der Waals surface area contributed by atoms with Crippen molar-refractivity contribution in [2.45, 2.75) is 30.2 Å². The third-order valence-corrected chi connectivity index (χ3v) is 6.07. The quantitative estimate of drug-likeness (QED) is 0.783. The van der Waals surface area contributed by atoms with Gasteiger partial charge in [0.15, 0.2) is 0 Å². The van der Waals surface area contributed by atoms with E-state index in [9.17, 15) is 8.42 Å². The van der Waals surface area contributed by atoms with Crippen molar-refractivity contribution in [3.8, 4) is 5.69 Å². The maximum atomic E-state index is 12.8. The van der Waals surface area contributed by atoms with Crippen molar-refractivity contribution < 1.29 is 8.42 Å².